The van der Waals surface area contributed by atoms with Crippen LogP contribution in [0.15, 0.2) is 72.8 Å². The van der Waals surface area contributed by atoms with Crippen molar-refractivity contribution >= 4 is 17.2 Å². The molecule has 3 aromatic carbocycles. The predicted octanol–water partition coefficient (Wildman–Crippen LogP) is 4.49. The molecule has 0 saturated heterocycles. The topological polar surface area (TPSA) is 43.1 Å². The Labute approximate surface area is 140 Å². The predicted molar refractivity (Wildman–Crippen MR) is 94.8 cm³/mol. The van der Waals surface area contributed by atoms with Crippen LogP contribution in [0.1, 0.15) is 21.5 Å². The fourth-order valence-corrected chi connectivity index (χ4v) is 3.15. The third-order valence-corrected chi connectivity index (χ3v) is 4.38. The second-order valence-electron chi connectivity index (χ2n) is 5.88. The van der Waals surface area contributed by atoms with Gasteiger partial charge in [0, 0.05) is 6.07 Å². The average molecular weight is 313 g/mol. The minimum absolute atomic E-state index is 0.193. The van der Waals surface area contributed by atoms with Gasteiger partial charge in [-0.25, -0.2) is 0 Å². The van der Waals surface area contributed by atoms with Crippen molar-refractivity contribution in [1.29, 1.82) is 0 Å². The summed E-state index contributed by atoms with van der Waals surface area (Å²) >= 11 is 0. The van der Waals surface area contributed by atoms with Gasteiger partial charge in [-0.05, 0) is 35.7 Å². The molecule has 0 aliphatic carbocycles. The lowest BCUT2D eigenvalue weighted by Gasteiger charge is -2.04. The molecule has 0 atom stereocenters. The maximum Gasteiger partial charge on any atom is 0.272 e. The van der Waals surface area contributed by atoms with E-state index in [-0.39, 0.29) is 11.5 Å². The lowest BCUT2D eigenvalue weighted by molar-refractivity contribution is -0.355. The molecule has 3 aromatic rings. The Morgan fingerprint density at radius 1 is 0.750 bits per heavy atom. The molecule has 116 valence electrons. The first-order valence-electron chi connectivity index (χ1n) is 7.81. The van der Waals surface area contributed by atoms with E-state index >= 15 is 0 Å². The Morgan fingerprint density at radius 2 is 1.38 bits per heavy atom. The van der Waals surface area contributed by atoms with E-state index in [1.807, 2.05) is 67.6 Å². The summed E-state index contributed by atoms with van der Waals surface area (Å²) < 4.78 is 0.752. The van der Waals surface area contributed by atoms with Crippen molar-refractivity contribution < 1.29 is 9.53 Å². The zero-order valence-electron chi connectivity index (χ0n) is 13.2. The van der Waals surface area contributed by atoms with Crippen molar-refractivity contribution in [2.24, 2.45) is 0 Å². The minimum atomic E-state index is -0.203. The molecule has 1 heterocycles. The summed E-state index contributed by atoms with van der Waals surface area (Å²) in [6.45, 7) is 1.85. The van der Waals surface area contributed by atoms with Gasteiger partial charge in [-0.15, -0.1) is 0 Å². The molecule has 0 radical (unpaired) electrons. The van der Waals surface area contributed by atoms with Crippen molar-refractivity contribution in [2.45, 2.75) is 6.92 Å². The number of nitrogens with zero attached hydrogens (tertiary/aromatic N) is 1. The number of hydrogen-bond acceptors (Lipinski definition) is 2. The normalized spacial score (nSPS) is 13.3. The van der Waals surface area contributed by atoms with Crippen LogP contribution in [0, 0.1) is 12.1 Å². The lowest BCUT2D eigenvalue weighted by Crippen LogP contribution is -2.16. The highest BCUT2D eigenvalue weighted by atomic mass is 16.5. The Kier molecular flexibility index (Phi) is 3.28. The van der Waals surface area contributed by atoms with Gasteiger partial charge in [0.15, 0.2) is 0 Å². The van der Waals surface area contributed by atoms with Gasteiger partial charge in [-0.3, -0.25) is 4.79 Å². The first-order chi connectivity index (χ1) is 11.7. The Morgan fingerprint density at radius 3 is 2.04 bits per heavy atom. The largest absolute Gasteiger partial charge is 0.618 e. The van der Waals surface area contributed by atoms with E-state index < -0.39 is 0 Å². The monoisotopic (exact) mass is 313 g/mol. The summed E-state index contributed by atoms with van der Waals surface area (Å²) in [4.78, 5) is 12.7. The molecule has 3 heteroatoms. The van der Waals surface area contributed by atoms with Gasteiger partial charge >= 0.3 is 0 Å². The first-order valence-corrected chi connectivity index (χ1v) is 7.81. The molecular weight excluding hydrogens is 298 g/mol. The number of aryl methyl sites for hydroxylation is 1. The van der Waals surface area contributed by atoms with E-state index in [1.165, 1.54) is 0 Å². The fraction of sp³-hybridized carbons (Fsp3) is 0.0476. The molecule has 0 fully saturated rings. The van der Waals surface area contributed by atoms with Crippen molar-refractivity contribution in [1.82, 2.24) is 0 Å². The summed E-state index contributed by atoms with van der Waals surface area (Å²) in [5.41, 5.74) is 4.76. The summed E-state index contributed by atoms with van der Waals surface area (Å²) in [6, 6.07) is 22.9. The van der Waals surface area contributed by atoms with Gasteiger partial charge in [0.1, 0.15) is 5.56 Å². The van der Waals surface area contributed by atoms with Crippen LogP contribution < -0.4 is 0 Å². The Bertz CT molecular complexity index is 970. The highest BCUT2D eigenvalue weighted by Crippen LogP contribution is 2.31. The molecule has 0 amide bonds. The van der Waals surface area contributed by atoms with Crippen molar-refractivity contribution in [3.05, 3.63) is 94.7 Å². The number of fused-ring (bicyclic) bond motifs is 1. The quantitative estimate of drug-likeness (QED) is 0.517. The number of Topliss-reactive ketones (excluding diaryl/α,β-unsaturated/α-hetero) is 1. The second kappa shape index (κ2) is 5.46. The first kappa shape index (κ1) is 14.4. The Balaban J connectivity index is 1.77. The zero-order valence-corrected chi connectivity index (χ0v) is 13.2. The molecule has 0 spiro atoms. The fourth-order valence-electron chi connectivity index (χ4n) is 3.15. The maximum absolute atomic E-state index is 12.7. The van der Waals surface area contributed by atoms with Crippen LogP contribution in [0.25, 0.3) is 11.1 Å². The van der Waals surface area contributed by atoms with E-state index in [9.17, 15) is 10.0 Å². The van der Waals surface area contributed by atoms with Crippen LogP contribution in [0.2, 0.25) is 0 Å². The molecule has 0 unspecified atom stereocenters. The third-order valence-electron chi connectivity index (χ3n) is 4.38. The SMILES string of the molecule is Cc1cccc2c1C(=O)C(c1ccc(-c3ccccc3)cc1)=[N+]2[O-]. The number of benzene rings is 3. The molecule has 0 N–H and O–H groups in total. The highest BCUT2D eigenvalue weighted by molar-refractivity contribution is 6.52. The molecule has 0 aromatic heterocycles. The summed E-state index contributed by atoms with van der Waals surface area (Å²) in [6.07, 6.45) is 0. The van der Waals surface area contributed by atoms with Crippen molar-refractivity contribution in [3.63, 3.8) is 0 Å². The van der Waals surface area contributed by atoms with Gasteiger partial charge in [0.05, 0.1) is 5.56 Å². The van der Waals surface area contributed by atoms with Gasteiger partial charge in [-0.1, -0.05) is 54.6 Å². The van der Waals surface area contributed by atoms with Crippen LogP contribution in [0.4, 0.5) is 5.69 Å². The molecule has 3 nitrogen and oxygen atoms in total. The summed E-state index contributed by atoms with van der Waals surface area (Å²) in [5.74, 6) is -0.203. The van der Waals surface area contributed by atoms with Gasteiger partial charge in [-0.2, -0.15) is 4.74 Å². The standard InChI is InChI=1S/C21H15NO2/c1-14-6-5-9-18-19(14)21(23)20(22(18)24)17-12-10-16(11-13-17)15-7-3-2-4-8-15/h2-13H,1H3. The number of carbonyl (C=O) groups excluding carboxylic acids is 1. The Hall–Kier alpha value is -3.20. The zero-order chi connectivity index (χ0) is 16.7. The molecule has 4 rings (SSSR count). The van der Waals surface area contributed by atoms with Crippen LogP contribution in [-0.4, -0.2) is 16.2 Å². The van der Waals surface area contributed by atoms with Gasteiger partial charge in [0.2, 0.25) is 5.69 Å². The number of hydrogen-bond donors (Lipinski definition) is 0. The molecule has 24 heavy (non-hydrogen) atoms. The van der Waals surface area contributed by atoms with Crippen LogP contribution in [0.5, 0.6) is 0 Å². The smallest absolute Gasteiger partial charge is 0.272 e. The molecule has 1 aliphatic rings. The van der Waals surface area contributed by atoms with E-state index in [2.05, 4.69) is 0 Å². The number of rotatable bonds is 2. The van der Waals surface area contributed by atoms with E-state index in [1.54, 1.807) is 12.1 Å². The second-order valence-corrected chi connectivity index (χ2v) is 5.88. The molecule has 0 bridgehead atoms. The third kappa shape index (κ3) is 2.14. The number of carbonyl (C=O) groups is 1. The van der Waals surface area contributed by atoms with Crippen LogP contribution in [0.3, 0.4) is 0 Å². The van der Waals surface area contributed by atoms with Gasteiger partial charge < -0.3 is 5.21 Å². The van der Waals surface area contributed by atoms with Crippen LogP contribution in [-0.2, 0) is 0 Å². The minimum Gasteiger partial charge on any atom is -0.618 e. The molecule has 1 aliphatic heterocycles. The maximum atomic E-state index is 12.7. The van der Waals surface area contributed by atoms with E-state index in [4.69, 9.17) is 0 Å². The van der Waals surface area contributed by atoms with E-state index in [0.717, 1.165) is 21.4 Å². The van der Waals surface area contributed by atoms with Gasteiger partial charge in [0.25, 0.3) is 11.5 Å². The summed E-state index contributed by atoms with van der Waals surface area (Å²) in [7, 11) is 0. The highest BCUT2D eigenvalue weighted by Gasteiger charge is 2.37. The average Bonchev–Trinajstić information content (AvgIpc) is 2.88. The van der Waals surface area contributed by atoms with Crippen molar-refractivity contribution in [2.75, 3.05) is 0 Å². The molecular formula is C21H15NO2. The number of ketones is 1. The van der Waals surface area contributed by atoms with E-state index in [0.29, 0.717) is 16.8 Å². The van der Waals surface area contributed by atoms with Crippen LogP contribution >= 0.6 is 0 Å². The molecule has 0 saturated carbocycles. The summed E-state index contributed by atoms with van der Waals surface area (Å²) in [5, 5.41) is 12.6. The van der Waals surface area contributed by atoms with Crippen molar-refractivity contribution in [3.8, 4) is 11.1 Å². The lowest BCUT2D eigenvalue weighted by atomic mass is 9.97.